The van der Waals surface area contributed by atoms with Crippen LogP contribution in [0.3, 0.4) is 0 Å². The fourth-order valence-electron chi connectivity index (χ4n) is 2.76. The molecule has 0 bridgehead atoms. The van der Waals surface area contributed by atoms with Crippen molar-refractivity contribution in [1.29, 1.82) is 0 Å². The van der Waals surface area contributed by atoms with Gasteiger partial charge in [-0.25, -0.2) is 0 Å². The van der Waals surface area contributed by atoms with Crippen LogP contribution in [0.2, 0.25) is 5.02 Å². The third kappa shape index (κ3) is 5.82. The maximum absolute atomic E-state index is 12.6. The highest BCUT2D eigenvalue weighted by Crippen LogP contribution is 2.20. The van der Waals surface area contributed by atoms with Gasteiger partial charge in [0, 0.05) is 6.04 Å². The van der Waals surface area contributed by atoms with E-state index >= 15 is 0 Å². The van der Waals surface area contributed by atoms with Crippen LogP contribution in [0.15, 0.2) is 54.6 Å². The van der Waals surface area contributed by atoms with E-state index in [4.69, 9.17) is 11.6 Å². The van der Waals surface area contributed by atoms with Crippen LogP contribution in [0.4, 0.5) is 0 Å². The van der Waals surface area contributed by atoms with Crippen molar-refractivity contribution in [2.24, 2.45) is 0 Å². The smallest absolute Gasteiger partial charge is 0.253 e. The van der Waals surface area contributed by atoms with Crippen LogP contribution in [0.1, 0.15) is 41.2 Å². The van der Waals surface area contributed by atoms with Crippen LogP contribution >= 0.6 is 11.6 Å². The molecule has 0 unspecified atom stereocenters. The number of rotatable bonds is 8. The van der Waals surface area contributed by atoms with Crippen molar-refractivity contribution < 1.29 is 14.4 Å². The van der Waals surface area contributed by atoms with Crippen molar-refractivity contribution in [1.82, 2.24) is 16.0 Å². The summed E-state index contributed by atoms with van der Waals surface area (Å²) in [6, 6.07) is 15.6. The van der Waals surface area contributed by atoms with Gasteiger partial charge < -0.3 is 16.0 Å². The first-order valence-corrected chi connectivity index (χ1v) is 9.57. The second-order valence-corrected chi connectivity index (χ2v) is 7.15. The minimum atomic E-state index is -0.545. The molecule has 1 saturated carbocycles. The Morgan fingerprint density at radius 1 is 0.964 bits per heavy atom. The van der Waals surface area contributed by atoms with Crippen molar-refractivity contribution in [3.05, 3.63) is 70.7 Å². The molecule has 2 aromatic rings. The summed E-state index contributed by atoms with van der Waals surface area (Å²) in [5.74, 6) is -0.884. The zero-order valence-electron chi connectivity index (χ0n) is 15.3. The van der Waals surface area contributed by atoms with Gasteiger partial charge in [0.25, 0.3) is 5.91 Å². The predicted molar refractivity (Wildman–Crippen MR) is 107 cm³/mol. The van der Waals surface area contributed by atoms with Gasteiger partial charge in [-0.1, -0.05) is 54.1 Å². The fraction of sp³-hybridized carbons (Fsp3) is 0.286. The summed E-state index contributed by atoms with van der Waals surface area (Å²) in [5.41, 5.74) is 1.13. The average Bonchev–Trinajstić information content (AvgIpc) is 3.51. The van der Waals surface area contributed by atoms with E-state index in [1.807, 2.05) is 30.3 Å². The van der Waals surface area contributed by atoms with Gasteiger partial charge in [-0.05, 0) is 30.5 Å². The second kappa shape index (κ2) is 9.37. The van der Waals surface area contributed by atoms with E-state index in [0.29, 0.717) is 10.6 Å². The van der Waals surface area contributed by atoms with E-state index in [1.165, 1.54) is 0 Å². The second-order valence-electron chi connectivity index (χ2n) is 6.74. The van der Waals surface area contributed by atoms with Gasteiger partial charge in [0.05, 0.1) is 29.6 Å². The maximum Gasteiger partial charge on any atom is 0.253 e. The topological polar surface area (TPSA) is 87.3 Å². The van der Waals surface area contributed by atoms with E-state index in [0.717, 1.165) is 18.4 Å². The predicted octanol–water partition coefficient (Wildman–Crippen LogP) is 2.60. The van der Waals surface area contributed by atoms with Gasteiger partial charge in [0.2, 0.25) is 11.8 Å². The van der Waals surface area contributed by atoms with E-state index in [-0.39, 0.29) is 36.7 Å². The van der Waals surface area contributed by atoms with Crippen LogP contribution in [0.25, 0.3) is 0 Å². The van der Waals surface area contributed by atoms with Crippen molar-refractivity contribution in [3.63, 3.8) is 0 Å². The monoisotopic (exact) mass is 399 g/mol. The largest absolute Gasteiger partial charge is 0.352 e. The SMILES string of the molecule is O=C(C[C@@H](NC(=O)c1ccccc1Cl)c1ccccc1)NCC(=O)NC1CC1. The highest BCUT2D eigenvalue weighted by Gasteiger charge is 2.24. The Kier molecular flexibility index (Phi) is 6.66. The number of amides is 3. The van der Waals surface area contributed by atoms with Crippen LogP contribution in [-0.2, 0) is 9.59 Å². The molecule has 0 saturated heterocycles. The first kappa shape index (κ1) is 19.9. The molecule has 1 aliphatic carbocycles. The minimum absolute atomic E-state index is 0.0108. The molecular weight excluding hydrogens is 378 g/mol. The third-order valence-electron chi connectivity index (χ3n) is 4.40. The van der Waals surface area contributed by atoms with Crippen LogP contribution in [0.5, 0.6) is 0 Å². The summed E-state index contributed by atoms with van der Waals surface area (Å²) in [7, 11) is 0. The highest BCUT2D eigenvalue weighted by molar-refractivity contribution is 6.33. The number of nitrogens with one attached hydrogen (secondary N) is 3. The lowest BCUT2D eigenvalue weighted by Crippen LogP contribution is -2.39. The summed E-state index contributed by atoms with van der Waals surface area (Å²) < 4.78 is 0. The normalized spacial score (nSPS) is 14.0. The van der Waals surface area contributed by atoms with Gasteiger partial charge in [-0.3, -0.25) is 14.4 Å². The minimum Gasteiger partial charge on any atom is -0.352 e. The number of hydrogen-bond donors (Lipinski definition) is 3. The summed E-state index contributed by atoms with van der Waals surface area (Å²) in [6.45, 7) is -0.0741. The first-order chi connectivity index (χ1) is 13.5. The number of carbonyl (C=O) groups excluding carboxylic acids is 3. The Labute approximate surface area is 168 Å². The Hall–Kier alpha value is -2.86. The summed E-state index contributed by atoms with van der Waals surface area (Å²) in [6.07, 6.45) is 1.99. The average molecular weight is 400 g/mol. The molecule has 1 fully saturated rings. The van der Waals surface area contributed by atoms with Gasteiger partial charge in [-0.2, -0.15) is 0 Å². The molecule has 1 atom stereocenters. The van der Waals surface area contributed by atoms with Crippen LogP contribution < -0.4 is 16.0 Å². The van der Waals surface area contributed by atoms with Crippen molar-refractivity contribution in [2.75, 3.05) is 6.54 Å². The number of benzene rings is 2. The molecule has 0 aliphatic heterocycles. The Morgan fingerprint density at radius 3 is 2.32 bits per heavy atom. The Bertz CT molecular complexity index is 853. The molecule has 1 aliphatic rings. The Morgan fingerprint density at radius 2 is 1.64 bits per heavy atom. The molecule has 146 valence electrons. The van der Waals surface area contributed by atoms with Crippen LogP contribution in [-0.4, -0.2) is 30.3 Å². The standard InChI is InChI=1S/C21H22ClN3O3/c22-17-9-5-4-8-16(17)21(28)25-18(14-6-2-1-3-7-14)12-19(26)23-13-20(27)24-15-10-11-15/h1-9,15,18H,10-13H2,(H,23,26)(H,24,27)(H,25,28)/t18-/m1/s1. The molecule has 7 heteroatoms. The van der Waals surface area contributed by atoms with Gasteiger partial charge in [0.15, 0.2) is 0 Å². The fourth-order valence-corrected chi connectivity index (χ4v) is 2.98. The Balaban J connectivity index is 1.63. The lowest BCUT2D eigenvalue weighted by molar-refractivity contribution is -0.126. The molecule has 2 aromatic carbocycles. The summed E-state index contributed by atoms with van der Waals surface area (Å²) in [4.78, 5) is 36.7. The van der Waals surface area contributed by atoms with E-state index < -0.39 is 6.04 Å². The molecule has 0 heterocycles. The van der Waals surface area contributed by atoms with Crippen LogP contribution in [0, 0.1) is 0 Å². The van der Waals surface area contributed by atoms with Gasteiger partial charge >= 0.3 is 0 Å². The molecule has 0 spiro atoms. The highest BCUT2D eigenvalue weighted by atomic mass is 35.5. The van der Waals surface area contributed by atoms with E-state index in [9.17, 15) is 14.4 Å². The molecule has 28 heavy (non-hydrogen) atoms. The molecule has 0 aromatic heterocycles. The molecule has 3 rings (SSSR count). The van der Waals surface area contributed by atoms with E-state index in [1.54, 1.807) is 24.3 Å². The van der Waals surface area contributed by atoms with Crippen molar-refractivity contribution >= 4 is 29.3 Å². The molecule has 3 N–H and O–H groups in total. The zero-order valence-corrected chi connectivity index (χ0v) is 16.0. The number of carbonyl (C=O) groups is 3. The lowest BCUT2D eigenvalue weighted by Gasteiger charge is -2.19. The molecule has 6 nitrogen and oxygen atoms in total. The lowest BCUT2D eigenvalue weighted by atomic mass is 10.0. The van der Waals surface area contributed by atoms with Crippen molar-refractivity contribution in [2.45, 2.75) is 31.3 Å². The summed E-state index contributed by atoms with van der Waals surface area (Å²) >= 11 is 6.10. The quantitative estimate of drug-likeness (QED) is 0.637. The molecule has 3 amide bonds. The van der Waals surface area contributed by atoms with E-state index in [2.05, 4.69) is 16.0 Å². The maximum atomic E-state index is 12.6. The molecule has 0 radical (unpaired) electrons. The molecular formula is C21H22ClN3O3. The zero-order chi connectivity index (χ0) is 19.9. The number of hydrogen-bond acceptors (Lipinski definition) is 3. The van der Waals surface area contributed by atoms with Gasteiger partial charge in [-0.15, -0.1) is 0 Å². The third-order valence-corrected chi connectivity index (χ3v) is 4.73. The van der Waals surface area contributed by atoms with Crippen molar-refractivity contribution in [3.8, 4) is 0 Å². The van der Waals surface area contributed by atoms with Gasteiger partial charge in [0.1, 0.15) is 0 Å². The first-order valence-electron chi connectivity index (χ1n) is 9.19. The summed E-state index contributed by atoms with van der Waals surface area (Å²) in [5, 5.41) is 8.64. The number of halogens is 1.